The van der Waals surface area contributed by atoms with Gasteiger partial charge in [0.15, 0.2) is 0 Å². The molecule has 0 saturated heterocycles. The number of rotatable bonds is 6. The second-order valence-corrected chi connectivity index (χ2v) is 6.34. The molecule has 128 valence electrons. The van der Waals surface area contributed by atoms with Crippen molar-refractivity contribution in [3.8, 4) is 5.75 Å². The van der Waals surface area contributed by atoms with Crippen molar-refractivity contribution in [2.45, 2.75) is 26.4 Å². The third-order valence-corrected chi connectivity index (χ3v) is 4.48. The Bertz CT molecular complexity index is 685. The van der Waals surface area contributed by atoms with Gasteiger partial charge in [-0.1, -0.05) is 49.4 Å². The third kappa shape index (κ3) is 3.95. The molecule has 1 aromatic carbocycles. The van der Waals surface area contributed by atoms with Crippen molar-refractivity contribution in [2.75, 3.05) is 7.11 Å². The zero-order chi connectivity index (χ0) is 17.7. The lowest BCUT2D eigenvalue weighted by Gasteiger charge is -2.32. The minimum atomic E-state index is -0.841. The van der Waals surface area contributed by atoms with Gasteiger partial charge in [0, 0.05) is 5.41 Å². The van der Waals surface area contributed by atoms with Crippen LogP contribution in [0.3, 0.4) is 0 Å². The number of carboxylic acids is 1. The number of aliphatic carboxylic acids is 1. The smallest absolute Gasteiger partial charge is 0.311 e. The highest BCUT2D eigenvalue weighted by Gasteiger charge is 2.35. The predicted molar refractivity (Wildman–Crippen MR) is 94.8 cm³/mol. The van der Waals surface area contributed by atoms with Gasteiger partial charge < -0.3 is 14.9 Å². The van der Waals surface area contributed by atoms with Gasteiger partial charge in [0.05, 0.1) is 19.1 Å². The highest BCUT2D eigenvalue weighted by Crippen LogP contribution is 2.38. The van der Waals surface area contributed by atoms with Crippen LogP contribution in [0.1, 0.15) is 25.8 Å². The van der Waals surface area contributed by atoms with Crippen molar-refractivity contribution in [1.82, 2.24) is 0 Å². The molecule has 4 heteroatoms. The third-order valence-electron chi connectivity index (χ3n) is 4.48. The van der Waals surface area contributed by atoms with E-state index in [0.29, 0.717) is 12.2 Å². The Hall–Kier alpha value is -2.33. The maximum absolute atomic E-state index is 11.5. The summed E-state index contributed by atoms with van der Waals surface area (Å²) in [7, 11) is 1.60. The highest BCUT2D eigenvalue weighted by atomic mass is 16.5. The number of aliphatic hydroxyl groups is 1. The normalized spacial score (nSPS) is 24.7. The fraction of sp³-hybridized carbons (Fsp3) is 0.350. The quantitative estimate of drug-likeness (QED) is 0.836. The molecule has 1 aliphatic carbocycles. The topological polar surface area (TPSA) is 66.8 Å². The molecule has 3 atom stereocenters. The van der Waals surface area contributed by atoms with Crippen LogP contribution >= 0.6 is 0 Å². The molecule has 0 amide bonds. The van der Waals surface area contributed by atoms with Crippen molar-refractivity contribution in [3.05, 3.63) is 60.2 Å². The number of ether oxygens (including phenoxy) is 1. The van der Waals surface area contributed by atoms with E-state index in [0.717, 1.165) is 11.1 Å². The van der Waals surface area contributed by atoms with Crippen LogP contribution in [-0.4, -0.2) is 29.4 Å². The van der Waals surface area contributed by atoms with Crippen LogP contribution in [0, 0.1) is 11.3 Å². The van der Waals surface area contributed by atoms with E-state index < -0.39 is 23.4 Å². The van der Waals surface area contributed by atoms with E-state index in [9.17, 15) is 15.0 Å². The standard InChI is InChI=1S/C20H24O4/c1-14(21)17(15-7-6-8-16(13-15)24-3)10-12-20(2)11-5-4-9-18(20)19(22)23/h4-11,13-14,18,21H,12H2,1-3H3,(H,22,23)/b17-10+. The SMILES string of the molecule is COc1cccc(/C(=C/CC2(C)C=CC=CC2C(=O)O)C(C)O)c1. The first-order chi connectivity index (χ1) is 11.4. The van der Waals surface area contributed by atoms with Gasteiger partial charge in [0.1, 0.15) is 5.75 Å². The predicted octanol–water partition coefficient (Wildman–Crippen LogP) is 3.68. The Morgan fingerprint density at radius 2 is 2.17 bits per heavy atom. The molecule has 0 aromatic heterocycles. The largest absolute Gasteiger partial charge is 0.497 e. The van der Waals surface area contributed by atoms with Crippen LogP contribution in [0.4, 0.5) is 0 Å². The summed E-state index contributed by atoms with van der Waals surface area (Å²) in [6.07, 6.45) is 9.06. The van der Waals surface area contributed by atoms with E-state index in [1.165, 1.54) is 0 Å². The number of benzene rings is 1. The van der Waals surface area contributed by atoms with Crippen LogP contribution < -0.4 is 4.74 Å². The second kappa shape index (κ2) is 7.49. The molecule has 0 spiro atoms. The van der Waals surface area contributed by atoms with Crippen molar-refractivity contribution in [3.63, 3.8) is 0 Å². The van der Waals surface area contributed by atoms with Gasteiger partial charge in [0.2, 0.25) is 0 Å². The molecule has 0 fully saturated rings. The fourth-order valence-electron chi connectivity index (χ4n) is 3.00. The average molecular weight is 328 g/mol. The molecular formula is C20H24O4. The fourth-order valence-corrected chi connectivity index (χ4v) is 3.00. The van der Waals surface area contributed by atoms with Crippen molar-refractivity contribution in [2.24, 2.45) is 11.3 Å². The van der Waals surface area contributed by atoms with Crippen molar-refractivity contribution >= 4 is 11.5 Å². The lowest BCUT2D eigenvalue weighted by molar-refractivity contribution is -0.142. The zero-order valence-corrected chi connectivity index (χ0v) is 14.3. The Kier molecular flexibility index (Phi) is 5.62. The lowest BCUT2D eigenvalue weighted by Crippen LogP contribution is -2.31. The molecule has 2 rings (SSSR count). The summed E-state index contributed by atoms with van der Waals surface area (Å²) in [5.41, 5.74) is 1.11. The van der Waals surface area contributed by atoms with Gasteiger partial charge >= 0.3 is 5.97 Å². The van der Waals surface area contributed by atoms with E-state index in [4.69, 9.17) is 4.74 Å². The molecule has 0 aliphatic heterocycles. The number of aliphatic hydroxyl groups excluding tert-OH is 1. The number of methoxy groups -OCH3 is 1. The summed E-state index contributed by atoms with van der Waals surface area (Å²) in [5, 5.41) is 19.6. The second-order valence-electron chi connectivity index (χ2n) is 6.34. The molecule has 0 radical (unpaired) electrons. The molecule has 1 aromatic rings. The van der Waals surface area contributed by atoms with E-state index in [2.05, 4.69) is 0 Å². The van der Waals surface area contributed by atoms with E-state index in [1.807, 2.05) is 49.4 Å². The average Bonchev–Trinajstić information content (AvgIpc) is 2.55. The minimum Gasteiger partial charge on any atom is -0.497 e. The van der Waals surface area contributed by atoms with Gasteiger partial charge in [-0.2, -0.15) is 0 Å². The first-order valence-corrected chi connectivity index (χ1v) is 7.99. The summed E-state index contributed by atoms with van der Waals surface area (Å²) in [6, 6.07) is 7.50. The molecule has 2 N–H and O–H groups in total. The van der Waals surface area contributed by atoms with Gasteiger partial charge in [-0.15, -0.1) is 0 Å². The van der Waals surface area contributed by atoms with Crippen LogP contribution in [0.5, 0.6) is 5.75 Å². The first-order valence-electron chi connectivity index (χ1n) is 7.99. The Labute approximate surface area is 142 Å². The number of carboxylic acid groups (broad SMARTS) is 1. The van der Waals surface area contributed by atoms with E-state index >= 15 is 0 Å². The number of allylic oxidation sites excluding steroid dienone is 4. The van der Waals surface area contributed by atoms with Gasteiger partial charge in [-0.25, -0.2) is 0 Å². The van der Waals surface area contributed by atoms with Crippen LogP contribution in [0.15, 0.2) is 54.6 Å². The van der Waals surface area contributed by atoms with Gasteiger partial charge in [-0.3, -0.25) is 4.79 Å². The maximum Gasteiger partial charge on any atom is 0.311 e. The Morgan fingerprint density at radius 3 is 2.79 bits per heavy atom. The van der Waals surface area contributed by atoms with Crippen molar-refractivity contribution in [1.29, 1.82) is 0 Å². The summed E-state index contributed by atoms with van der Waals surface area (Å²) in [6.45, 7) is 3.63. The summed E-state index contributed by atoms with van der Waals surface area (Å²) in [5.74, 6) is -0.708. The van der Waals surface area contributed by atoms with Gasteiger partial charge in [-0.05, 0) is 36.6 Å². The van der Waals surface area contributed by atoms with Crippen molar-refractivity contribution < 1.29 is 19.7 Å². The van der Waals surface area contributed by atoms with Crippen LogP contribution in [0.25, 0.3) is 5.57 Å². The molecule has 0 saturated carbocycles. The zero-order valence-electron chi connectivity index (χ0n) is 14.3. The van der Waals surface area contributed by atoms with Crippen LogP contribution in [0.2, 0.25) is 0 Å². The maximum atomic E-state index is 11.5. The van der Waals surface area contributed by atoms with Crippen LogP contribution in [-0.2, 0) is 4.79 Å². The molecule has 4 nitrogen and oxygen atoms in total. The molecule has 3 unspecified atom stereocenters. The lowest BCUT2D eigenvalue weighted by atomic mass is 9.71. The molecule has 24 heavy (non-hydrogen) atoms. The number of carbonyl (C=O) groups is 1. The minimum absolute atomic E-state index is 0.516. The Balaban J connectivity index is 2.33. The summed E-state index contributed by atoms with van der Waals surface area (Å²) in [4.78, 5) is 11.5. The first kappa shape index (κ1) is 18.0. The van der Waals surface area contributed by atoms with E-state index in [-0.39, 0.29) is 0 Å². The molecule has 0 bridgehead atoms. The number of hydrogen-bond donors (Lipinski definition) is 2. The highest BCUT2D eigenvalue weighted by molar-refractivity contribution is 5.75. The molecule has 1 aliphatic rings. The molecular weight excluding hydrogens is 304 g/mol. The molecule has 0 heterocycles. The van der Waals surface area contributed by atoms with Gasteiger partial charge in [0.25, 0.3) is 0 Å². The summed E-state index contributed by atoms with van der Waals surface area (Å²) < 4.78 is 5.24. The monoisotopic (exact) mass is 328 g/mol. The van der Waals surface area contributed by atoms with E-state index in [1.54, 1.807) is 26.2 Å². The Morgan fingerprint density at radius 1 is 1.42 bits per heavy atom. The summed E-state index contributed by atoms with van der Waals surface area (Å²) >= 11 is 0. The number of hydrogen-bond acceptors (Lipinski definition) is 3.